The Labute approximate surface area is 147 Å². The molecular weight excluding hydrogens is 318 g/mol. The van der Waals surface area contributed by atoms with Crippen molar-refractivity contribution in [3.05, 3.63) is 36.4 Å². The second kappa shape index (κ2) is 6.61. The van der Waals surface area contributed by atoms with E-state index >= 15 is 0 Å². The van der Waals surface area contributed by atoms with E-state index < -0.39 is 5.60 Å². The summed E-state index contributed by atoms with van der Waals surface area (Å²) in [6.45, 7) is 1.57. The lowest BCUT2D eigenvalue weighted by molar-refractivity contribution is -0.140. The second-order valence-corrected chi connectivity index (χ2v) is 6.82. The highest BCUT2D eigenvalue weighted by molar-refractivity contribution is 5.97. The van der Waals surface area contributed by atoms with E-state index in [4.69, 9.17) is 9.15 Å². The monoisotopic (exact) mass is 341 g/mol. The summed E-state index contributed by atoms with van der Waals surface area (Å²) in [6, 6.07) is 7.65. The van der Waals surface area contributed by atoms with Gasteiger partial charge in [-0.2, -0.15) is 0 Å². The Morgan fingerprint density at radius 3 is 2.64 bits per heavy atom. The standard InChI is InChI=1S/C19H23N3O3/c1-24-19(8-10-20-11-9-19)18(23)22-15-6-4-13(5-7-15)16-12-21-17(25-16)14-2-3-14/h4-7,12,14,20H,2-3,8-11H2,1H3,(H,22,23). The topological polar surface area (TPSA) is 76.4 Å². The third-order valence-electron chi connectivity index (χ3n) is 5.09. The molecule has 0 bridgehead atoms. The fourth-order valence-corrected chi connectivity index (χ4v) is 3.26. The van der Waals surface area contributed by atoms with Crippen LogP contribution < -0.4 is 10.6 Å². The summed E-state index contributed by atoms with van der Waals surface area (Å²) < 4.78 is 11.4. The number of anilines is 1. The van der Waals surface area contributed by atoms with Gasteiger partial charge in [-0.15, -0.1) is 0 Å². The maximum Gasteiger partial charge on any atom is 0.256 e. The zero-order chi connectivity index (χ0) is 17.3. The average molecular weight is 341 g/mol. The maximum atomic E-state index is 12.7. The molecule has 0 unspecified atom stereocenters. The first-order chi connectivity index (χ1) is 12.2. The number of hydrogen-bond acceptors (Lipinski definition) is 5. The Kier molecular flexibility index (Phi) is 4.31. The minimum Gasteiger partial charge on any atom is -0.440 e. The molecule has 1 aliphatic carbocycles. The summed E-state index contributed by atoms with van der Waals surface area (Å²) in [7, 11) is 1.61. The number of amides is 1. The van der Waals surface area contributed by atoms with E-state index in [0.29, 0.717) is 18.8 Å². The number of aromatic nitrogens is 1. The van der Waals surface area contributed by atoms with Gasteiger partial charge in [0.25, 0.3) is 5.91 Å². The number of nitrogens with zero attached hydrogens (tertiary/aromatic N) is 1. The molecule has 4 rings (SSSR count). The quantitative estimate of drug-likeness (QED) is 0.874. The number of nitrogens with one attached hydrogen (secondary N) is 2. The largest absolute Gasteiger partial charge is 0.440 e. The van der Waals surface area contributed by atoms with E-state index in [1.54, 1.807) is 13.3 Å². The van der Waals surface area contributed by atoms with Crippen LogP contribution in [-0.4, -0.2) is 36.7 Å². The van der Waals surface area contributed by atoms with Gasteiger partial charge in [0.05, 0.1) is 6.20 Å². The van der Waals surface area contributed by atoms with Crippen LogP contribution in [0, 0.1) is 0 Å². The van der Waals surface area contributed by atoms with E-state index in [1.807, 2.05) is 24.3 Å². The molecule has 1 aromatic carbocycles. The van der Waals surface area contributed by atoms with Gasteiger partial charge < -0.3 is 19.8 Å². The van der Waals surface area contributed by atoms with Crippen molar-refractivity contribution in [2.45, 2.75) is 37.2 Å². The molecule has 1 saturated carbocycles. The van der Waals surface area contributed by atoms with E-state index in [-0.39, 0.29) is 5.91 Å². The molecule has 1 saturated heterocycles. The normalized spacial score (nSPS) is 19.6. The molecule has 2 N–H and O–H groups in total. The van der Waals surface area contributed by atoms with Crippen LogP contribution in [0.4, 0.5) is 5.69 Å². The molecule has 1 aromatic heterocycles. The maximum absolute atomic E-state index is 12.7. The van der Waals surface area contributed by atoms with Crippen LogP contribution in [0.1, 0.15) is 37.5 Å². The number of methoxy groups -OCH3 is 1. The van der Waals surface area contributed by atoms with Crippen molar-refractivity contribution in [3.8, 4) is 11.3 Å². The summed E-state index contributed by atoms with van der Waals surface area (Å²) in [5.41, 5.74) is 0.972. The zero-order valence-corrected chi connectivity index (χ0v) is 14.4. The number of piperidine rings is 1. The number of ether oxygens (including phenoxy) is 1. The molecule has 132 valence electrons. The smallest absolute Gasteiger partial charge is 0.256 e. The Balaban J connectivity index is 1.45. The van der Waals surface area contributed by atoms with Gasteiger partial charge in [0, 0.05) is 24.3 Å². The predicted molar refractivity (Wildman–Crippen MR) is 94.4 cm³/mol. The van der Waals surface area contributed by atoms with Crippen molar-refractivity contribution in [3.63, 3.8) is 0 Å². The Morgan fingerprint density at radius 2 is 2.00 bits per heavy atom. The Bertz CT molecular complexity index is 744. The summed E-state index contributed by atoms with van der Waals surface area (Å²) in [5.74, 6) is 2.02. The third-order valence-corrected chi connectivity index (χ3v) is 5.09. The Morgan fingerprint density at radius 1 is 1.28 bits per heavy atom. The number of rotatable bonds is 5. The molecule has 25 heavy (non-hydrogen) atoms. The Hall–Kier alpha value is -2.18. The first-order valence-corrected chi connectivity index (χ1v) is 8.84. The lowest BCUT2D eigenvalue weighted by atomic mass is 9.91. The first-order valence-electron chi connectivity index (χ1n) is 8.84. The van der Waals surface area contributed by atoms with Gasteiger partial charge in [0.2, 0.25) is 0 Å². The van der Waals surface area contributed by atoms with E-state index in [9.17, 15) is 4.79 Å². The summed E-state index contributed by atoms with van der Waals surface area (Å²) in [4.78, 5) is 17.0. The average Bonchev–Trinajstić information content (AvgIpc) is 3.40. The van der Waals surface area contributed by atoms with Crippen LogP contribution in [-0.2, 0) is 9.53 Å². The van der Waals surface area contributed by atoms with Crippen molar-refractivity contribution in [1.29, 1.82) is 0 Å². The minimum absolute atomic E-state index is 0.0834. The minimum atomic E-state index is -0.742. The highest BCUT2D eigenvalue weighted by atomic mass is 16.5. The molecule has 2 fully saturated rings. The fraction of sp³-hybridized carbons (Fsp3) is 0.474. The highest BCUT2D eigenvalue weighted by Crippen LogP contribution is 2.40. The number of oxazole rings is 1. The van der Waals surface area contributed by atoms with Gasteiger partial charge in [-0.3, -0.25) is 4.79 Å². The lowest BCUT2D eigenvalue weighted by Crippen LogP contribution is -2.51. The molecule has 6 heteroatoms. The molecule has 2 aromatic rings. The second-order valence-electron chi connectivity index (χ2n) is 6.82. The predicted octanol–water partition coefficient (Wildman–Crippen LogP) is 2.93. The van der Waals surface area contributed by atoms with Gasteiger partial charge >= 0.3 is 0 Å². The molecule has 2 heterocycles. The summed E-state index contributed by atoms with van der Waals surface area (Å²) in [5, 5.41) is 6.23. The van der Waals surface area contributed by atoms with Gasteiger partial charge in [0.15, 0.2) is 11.7 Å². The summed E-state index contributed by atoms with van der Waals surface area (Å²) in [6.07, 6.45) is 5.46. The van der Waals surface area contributed by atoms with Crippen molar-refractivity contribution in [1.82, 2.24) is 10.3 Å². The number of hydrogen-bond donors (Lipinski definition) is 2. The van der Waals surface area contributed by atoms with E-state index in [2.05, 4.69) is 15.6 Å². The van der Waals surface area contributed by atoms with E-state index in [0.717, 1.165) is 36.0 Å². The lowest BCUT2D eigenvalue weighted by Gasteiger charge is -2.34. The third kappa shape index (κ3) is 3.32. The molecule has 6 nitrogen and oxygen atoms in total. The van der Waals surface area contributed by atoms with Crippen LogP contribution in [0.5, 0.6) is 0 Å². The van der Waals surface area contributed by atoms with Crippen LogP contribution >= 0.6 is 0 Å². The first kappa shape index (κ1) is 16.3. The van der Waals surface area contributed by atoms with Crippen LogP contribution in [0.15, 0.2) is 34.9 Å². The van der Waals surface area contributed by atoms with Gasteiger partial charge in [-0.25, -0.2) is 4.98 Å². The number of benzene rings is 1. The van der Waals surface area contributed by atoms with Gasteiger partial charge in [-0.1, -0.05) is 0 Å². The fourth-order valence-electron chi connectivity index (χ4n) is 3.26. The molecule has 2 aliphatic rings. The zero-order valence-electron chi connectivity index (χ0n) is 14.4. The van der Waals surface area contributed by atoms with Crippen LogP contribution in [0.2, 0.25) is 0 Å². The van der Waals surface area contributed by atoms with Crippen molar-refractivity contribution in [2.75, 3.05) is 25.5 Å². The van der Waals surface area contributed by atoms with Gasteiger partial charge in [0.1, 0.15) is 5.60 Å². The van der Waals surface area contributed by atoms with Gasteiger partial charge in [-0.05, 0) is 63.0 Å². The summed E-state index contributed by atoms with van der Waals surface area (Å²) >= 11 is 0. The van der Waals surface area contributed by atoms with Crippen LogP contribution in [0.25, 0.3) is 11.3 Å². The highest BCUT2D eigenvalue weighted by Gasteiger charge is 2.39. The van der Waals surface area contributed by atoms with Crippen molar-refractivity contribution >= 4 is 11.6 Å². The SMILES string of the molecule is COC1(C(=O)Nc2ccc(-c3cnc(C4CC4)o3)cc2)CCNCC1. The molecule has 1 aliphatic heterocycles. The van der Waals surface area contributed by atoms with Crippen molar-refractivity contribution in [2.24, 2.45) is 0 Å². The molecule has 0 spiro atoms. The number of carbonyl (C=O) groups is 1. The molecule has 1 amide bonds. The number of carbonyl (C=O) groups excluding carboxylic acids is 1. The van der Waals surface area contributed by atoms with Crippen molar-refractivity contribution < 1.29 is 13.9 Å². The van der Waals surface area contributed by atoms with E-state index in [1.165, 1.54) is 12.8 Å². The molecule has 0 atom stereocenters. The van der Waals surface area contributed by atoms with Crippen LogP contribution in [0.3, 0.4) is 0 Å². The molecule has 0 radical (unpaired) electrons. The molecular formula is C19H23N3O3.